The minimum atomic E-state index is -4.39. The van der Waals surface area contributed by atoms with Gasteiger partial charge < -0.3 is 18.9 Å². The second-order valence-electron chi connectivity index (χ2n) is 20.7. The third kappa shape index (κ3) is 55.0. The number of hydrogen-bond acceptors (Lipinski definition) is 7. The van der Waals surface area contributed by atoms with Crippen molar-refractivity contribution in [2.24, 2.45) is 0 Å². The van der Waals surface area contributed by atoms with Gasteiger partial charge in [-0.05, 0) is 83.5 Å². The average Bonchev–Trinajstić information content (AvgIpc) is 3.32. The number of likely N-dealkylation sites (N-methyl/N-ethyl adjacent to an activating group) is 1. The summed E-state index contributed by atoms with van der Waals surface area (Å²) >= 11 is 0. The Bertz CT molecular complexity index is 1370. The van der Waals surface area contributed by atoms with Crippen molar-refractivity contribution in [1.82, 2.24) is 0 Å². The fourth-order valence-corrected chi connectivity index (χ4v) is 8.74. The van der Waals surface area contributed by atoms with Gasteiger partial charge >= 0.3 is 19.8 Å². The third-order valence-corrected chi connectivity index (χ3v) is 13.5. The molecule has 70 heavy (non-hydrogen) atoms. The quantitative estimate of drug-likeness (QED) is 0.0211. The maximum Gasteiger partial charge on any atom is 0.472 e. The lowest BCUT2D eigenvalue weighted by Gasteiger charge is -2.24. The molecule has 0 radical (unpaired) electrons. The van der Waals surface area contributed by atoms with E-state index in [9.17, 15) is 19.0 Å². The SMILES string of the molecule is CCCCCCC/C=C\C/C=C\C/C=C\CCCCCCCCC(=O)OC(COC(=O)CCCCCCCCCCCCCCC/C=C\C/C=C\CCCCCCC)COP(=O)(O)OCC[N+](C)(C)C. The molecule has 0 saturated heterocycles. The molecule has 0 aromatic heterocycles. The zero-order valence-corrected chi connectivity index (χ0v) is 47.1. The highest BCUT2D eigenvalue weighted by Gasteiger charge is 2.27. The highest BCUT2D eigenvalue weighted by atomic mass is 31.2. The van der Waals surface area contributed by atoms with E-state index in [1.54, 1.807) is 0 Å². The van der Waals surface area contributed by atoms with Crippen LogP contribution >= 0.6 is 7.82 Å². The lowest BCUT2D eigenvalue weighted by atomic mass is 10.0. The smallest absolute Gasteiger partial charge is 0.462 e. The molecular weight excluding hydrogens is 894 g/mol. The Morgan fingerprint density at radius 3 is 1.14 bits per heavy atom. The van der Waals surface area contributed by atoms with Crippen molar-refractivity contribution < 1.29 is 42.1 Å². The van der Waals surface area contributed by atoms with Gasteiger partial charge in [-0.25, -0.2) is 4.57 Å². The summed E-state index contributed by atoms with van der Waals surface area (Å²) in [5, 5.41) is 0. The largest absolute Gasteiger partial charge is 0.472 e. The van der Waals surface area contributed by atoms with Crippen LogP contribution in [0.4, 0.5) is 0 Å². The van der Waals surface area contributed by atoms with Crippen LogP contribution in [0.15, 0.2) is 60.8 Å². The van der Waals surface area contributed by atoms with Gasteiger partial charge in [-0.3, -0.25) is 18.6 Å². The average molecular weight is 1010 g/mol. The first-order valence-electron chi connectivity index (χ1n) is 29.0. The summed E-state index contributed by atoms with van der Waals surface area (Å²) in [4.78, 5) is 35.7. The molecule has 0 heterocycles. The number of allylic oxidation sites excluding steroid dienone is 10. The number of phosphoric ester groups is 1. The molecule has 10 heteroatoms. The van der Waals surface area contributed by atoms with Gasteiger partial charge in [-0.2, -0.15) is 0 Å². The summed E-state index contributed by atoms with van der Waals surface area (Å²) in [5.74, 6) is -0.808. The van der Waals surface area contributed by atoms with Crippen molar-refractivity contribution in [1.29, 1.82) is 0 Å². The first kappa shape index (κ1) is 67.7. The molecule has 0 amide bonds. The molecule has 9 nitrogen and oxygen atoms in total. The normalized spacial score (nSPS) is 13.7. The van der Waals surface area contributed by atoms with Crippen molar-refractivity contribution in [3.8, 4) is 0 Å². The second kappa shape index (κ2) is 51.6. The number of carbonyl (C=O) groups excluding carboxylic acids is 2. The lowest BCUT2D eigenvalue weighted by molar-refractivity contribution is -0.870. The first-order valence-corrected chi connectivity index (χ1v) is 30.5. The van der Waals surface area contributed by atoms with Crippen molar-refractivity contribution in [3.63, 3.8) is 0 Å². The van der Waals surface area contributed by atoms with E-state index in [0.29, 0.717) is 17.4 Å². The maximum atomic E-state index is 12.8. The molecule has 0 fully saturated rings. The number of nitrogens with zero attached hydrogens (tertiary/aromatic N) is 1. The van der Waals surface area contributed by atoms with E-state index in [0.717, 1.165) is 77.0 Å². The summed E-state index contributed by atoms with van der Waals surface area (Å²) in [6, 6.07) is 0. The van der Waals surface area contributed by atoms with E-state index >= 15 is 0 Å². The van der Waals surface area contributed by atoms with Crippen molar-refractivity contribution >= 4 is 19.8 Å². The van der Waals surface area contributed by atoms with Gasteiger partial charge in [-0.1, -0.05) is 222 Å². The molecule has 2 atom stereocenters. The van der Waals surface area contributed by atoms with Gasteiger partial charge in [0.1, 0.15) is 19.8 Å². The highest BCUT2D eigenvalue weighted by molar-refractivity contribution is 7.47. The fourth-order valence-electron chi connectivity index (χ4n) is 7.99. The molecule has 0 bridgehead atoms. The zero-order valence-electron chi connectivity index (χ0n) is 46.2. The molecule has 0 spiro atoms. The Hall–Kier alpha value is -2.29. The predicted octanol–water partition coefficient (Wildman–Crippen LogP) is 17.9. The van der Waals surface area contributed by atoms with Crippen LogP contribution in [0.3, 0.4) is 0 Å². The van der Waals surface area contributed by atoms with E-state index in [2.05, 4.69) is 74.6 Å². The number of ether oxygens (including phenoxy) is 2. The summed E-state index contributed by atoms with van der Waals surface area (Å²) < 4.78 is 34.6. The first-order chi connectivity index (χ1) is 34.0. The molecule has 0 aliphatic heterocycles. The second-order valence-corrected chi connectivity index (χ2v) is 22.1. The topological polar surface area (TPSA) is 108 Å². The van der Waals surface area contributed by atoms with Crippen LogP contribution in [0.1, 0.15) is 258 Å². The number of quaternary nitrogens is 1. The summed E-state index contributed by atoms with van der Waals surface area (Å²) in [5.41, 5.74) is 0. The lowest BCUT2D eigenvalue weighted by Crippen LogP contribution is -2.37. The number of unbranched alkanes of at least 4 members (excludes halogenated alkanes) is 29. The molecule has 0 saturated carbocycles. The van der Waals surface area contributed by atoms with Crippen molar-refractivity contribution in [2.45, 2.75) is 264 Å². The highest BCUT2D eigenvalue weighted by Crippen LogP contribution is 2.43. The number of rotatable bonds is 53. The Morgan fingerprint density at radius 2 is 0.771 bits per heavy atom. The predicted molar refractivity (Wildman–Crippen MR) is 298 cm³/mol. The number of carbonyl (C=O) groups is 2. The standard InChI is InChI=1S/C60H110NO8P/c1-6-8-10-12-14-16-18-20-22-24-26-28-29-30-31-33-34-36-38-40-42-44-46-48-50-52-59(62)66-56-58(57-68-70(64,65)67-55-54-61(3,4)5)69-60(63)53-51-49-47-45-43-41-39-37-35-32-27-25-23-21-19-17-15-13-11-9-7-2/h18-21,24-27,35,37,58H,6-17,22-23,28-34,36,38-57H2,1-5H3/p+1/b20-18-,21-19-,26-24-,27-25-,37-35-. The number of hydrogen-bond donors (Lipinski definition) is 1. The van der Waals surface area contributed by atoms with Crippen LogP contribution in [-0.2, 0) is 32.7 Å². The van der Waals surface area contributed by atoms with Gasteiger partial charge in [0.15, 0.2) is 6.10 Å². The van der Waals surface area contributed by atoms with Crippen LogP contribution in [0, 0.1) is 0 Å². The molecule has 408 valence electrons. The van der Waals surface area contributed by atoms with Gasteiger partial charge in [0.05, 0.1) is 27.7 Å². The molecule has 0 aromatic rings. The van der Waals surface area contributed by atoms with Gasteiger partial charge in [0, 0.05) is 12.8 Å². The van der Waals surface area contributed by atoms with Crippen LogP contribution in [-0.4, -0.2) is 74.9 Å². The Balaban J connectivity index is 4.19. The van der Waals surface area contributed by atoms with Crippen LogP contribution in [0.25, 0.3) is 0 Å². The Kier molecular flexibility index (Phi) is 49.9. The Labute approximate surface area is 432 Å². The van der Waals surface area contributed by atoms with Gasteiger partial charge in [0.2, 0.25) is 0 Å². The molecule has 0 aromatic carbocycles. The van der Waals surface area contributed by atoms with Crippen molar-refractivity contribution in [3.05, 3.63) is 60.8 Å². The monoisotopic (exact) mass is 1000 g/mol. The van der Waals surface area contributed by atoms with Crippen LogP contribution in [0.5, 0.6) is 0 Å². The van der Waals surface area contributed by atoms with E-state index in [1.165, 1.54) is 148 Å². The third-order valence-electron chi connectivity index (χ3n) is 12.5. The molecule has 2 unspecified atom stereocenters. The Morgan fingerprint density at radius 1 is 0.443 bits per heavy atom. The van der Waals surface area contributed by atoms with Crippen LogP contribution in [0.2, 0.25) is 0 Å². The summed E-state index contributed by atoms with van der Waals surface area (Å²) in [7, 11) is 1.47. The van der Waals surface area contributed by atoms with E-state index in [1.807, 2.05) is 21.1 Å². The fraction of sp³-hybridized carbons (Fsp3) is 0.800. The molecule has 0 aliphatic rings. The van der Waals surface area contributed by atoms with E-state index < -0.39 is 26.5 Å². The van der Waals surface area contributed by atoms with E-state index in [-0.39, 0.29) is 32.0 Å². The van der Waals surface area contributed by atoms with E-state index in [4.69, 9.17) is 18.5 Å². The van der Waals surface area contributed by atoms with Gasteiger partial charge in [0.25, 0.3) is 0 Å². The minimum absolute atomic E-state index is 0.0273. The zero-order chi connectivity index (χ0) is 51.3. The van der Waals surface area contributed by atoms with Crippen molar-refractivity contribution in [2.75, 3.05) is 47.5 Å². The number of phosphoric acid groups is 1. The minimum Gasteiger partial charge on any atom is -0.462 e. The molecule has 0 rings (SSSR count). The summed E-state index contributed by atoms with van der Waals surface area (Å²) in [6.45, 7) is 4.41. The number of esters is 2. The molecule has 1 N–H and O–H groups in total. The van der Waals surface area contributed by atoms with Crippen LogP contribution < -0.4 is 0 Å². The maximum absolute atomic E-state index is 12.8. The summed E-state index contributed by atoms with van der Waals surface area (Å²) in [6.07, 6.45) is 65.7. The van der Waals surface area contributed by atoms with Gasteiger partial charge in [-0.15, -0.1) is 0 Å². The molecular formula is C60H111NO8P+. The molecule has 0 aliphatic carbocycles.